The van der Waals surface area contributed by atoms with Crippen LogP contribution in [0.1, 0.15) is 6.42 Å². The van der Waals surface area contributed by atoms with Gasteiger partial charge in [-0.3, -0.25) is 9.69 Å². The highest BCUT2D eigenvalue weighted by molar-refractivity contribution is 6.33. The molecule has 0 saturated carbocycles. The van der Waals surface area contributed by atoms with Crippen LogP contribution in [0.2, 0.25) is 5.02 Å². The monoisotopic (exact) mass is 411 g/mol. The molecule has 2 heterocycles. The number of fused-ring (bicyclic) bond motifs is 1. The third-order valence-electron chi connectivity index (χ3n) is 5.41. The molecule has 1 amide bonds. The quantitative estimate of drug-likeness (QED) is 0.714. The predicted octanol–water partition coefficient (Wildman–Crippen LogP) is 3.48. The van der Waals surface area contributed by atoms with E-state index in [0.717, 1.165) is 60.7 Å². The number of nitrogens with zero attached hydrogens (tertiary/aromatic N) is 4. The van der Waals surface area contributed by atoms with Crippen molar-refractivity contribution in [3.8, 4) is 11.4 Å². The zero-order chi connectivity index (χ0) is 20.4. The van der Waals surface area contributed by atoms with Gasteiger partial charge in [-0.15, -0.1) is 0 Å². The molecule has 1 aliphatic heterocycles. The van der Waals surface area contributed by atoms with Crippen LogP contribution in [0.3, 0.4) is 0 Å². The van der Waals surface area contributed by atoms with Gasteiger partial charge in [0.15, 0.2) is 0 Å². The van der Waals surface area contributed by atoms with E-state index in [0.29, 0.717) is 11.6 Å². The molecule has 1 fully saturated rings. The fraction of sp³-hybridized carbons (Fsp3) is 0.364. The van der Waals surface area contributed by atoms with Crippen molar-refractivity contribution in [2.45, 2.75) is 6.42 Å². The average molecular weight is 412 g/mol. The Labute approximate surface area is 176 Å². The Balaban J connectivity index is 1.53. The van der Waals surface area contributed by atoms with Gasteiger partial charge in [0.1, 0.15) is 5.82 Å². The number of para-hydroxylation sites is 2. The topological polar surface area (TPSA) is 55.5 Å². The molecule has 6 nitrogen and oxygen atoms in total. The van der Waals surface area contributed by atoms with Crippen molar-refractivity contribution in [1.82, 2.24) is 19.8 Å². The van der Waals surface area contributed by atoms with E-state index in [2.05, 4.69) is 26.9 Å². The van der Waals surface area contributed by atoms with Crippen LogP contribution in [0, 0.1) is 0 Å². The van der Waals surface area contributed by atoms with Crippen molar-refractivity contribution in [3.05, 3.63) is 47.5 Å². The highest BCUT2D eigenvalue weighted by Gasteiger charge is 2.19. The van der Waals surface area contributed by atoms with Gasteiger partial charge >= 0.3 is 0 Å². The Kier molecular flexibility index (Phi) is 5.74. The Hall–Kier alpha value is -2.57. The summed E-state index contributed by atoms with van der Waals surface area (Å²) in [5, 5.41) is 0.681. The van der Waals surface area contributed by atoms with E-state index in [9.17, 15) is 4.79 Å². The molecule has 0 spiro atoms. The number of imidazole rings is 1. The zero-order valence-electron chi connectivity index (χ0n) is 16.9. The number of nitrogens with one attached hydrogen (secondary N) is 1. The van der Waals surface area contributed by atoms with Gasteiger partial charge in [-0.25, -0.2) is 4.98 Å². The molecule has 1 aromatic heterocycles. The minimum absolute atomic E-state index is 0.150. The standard InChI is InChI=1S/C22H26ClN5O/c1-26(2)21(29)15-27-10-5-11-28(13-12-27)16-8-9-18(23)17(14-16)22-24-19-6-3-4-7-20(19)25-22/h3-4,6-9,14H,5,10-13,15H2,1-2H3,(H,24,25). The minimum atomic E-state index is 0.150. The molecule has 0 unspecified atom stereocenters. The molecule has 29 heavy (non-hydrogen) atoms. The summed E-state index contributed by atoms with van der Waals surface area (Å²) in [7, 11) is 3.61. The van der Waals surface area contributed by atoms with Crippen LogP contribution in [-0.4, -0.2) is 72.5 Å². The number of aromatic nitrogens is 2. The fourth-order valence-corrected chi connectivity index (χ4v) is 3.90. The number of H-pyrrole nitrogens is 1. The van der Waals surface area contributed by atoms with Crippen molar-refractivity contribution in [1.29, 1.82) is 0 Å². The lowest BCUT2D eigenvalue weighted by molar-refractivity contribution is -0.129. The maximum Gasteiger partial charge on any atom is 0.236 e. The second-order valence-corrected chi connectivity index (χ2v) is 8.08. The molecule has 1 N–H and O–H groups in total. The van der Waals surface area contributed by atoms with Gasteiger partial charge in [0, 0.05) is 51.5 Å². The summed E-state index contributed by atoms with van der Waals surface area (Å²) in [6, 6.07) is 14.1. The van der Waals surface area contributed by atoms with E-state index in [4.69, 9.17) is 16.6 Å². The molecular weight excluding hydrogens is 386 g/mol. The highest BCUT2D eigenvalue weighted by Crippen LogP contribution is 2.32. The number of anilines is 1. The van der Waals surface area contributed by atoms with E-state index < -0.39 is 0 Å². The molecule has 0 bridgehead atoms. The normalized spacial score (nSPS) is 15.5. The second kappa shape index (κ2) is 8.43. The van der Waals surface area contributed by atoms with Gasteiger partial charge in [0.25, 0.3) is 0 Å². The van der Waals surface area contributed by atoms with Crippen LogP contribution < -0.4 is 4.90 Å². The van der Waals surface area contributed by atoms with Gasteiger partial charge in [0.05, 0.1) is 22.6 Å². The first kappa shape index (κ1) is 19.7. The second-order valence-electron chi connectivity index (χ2n) is 7.67. The molecule has 0 atom stereocenters. The maximum absolute atomic E-state index is 12.0. The van der Waals surface area contributed by atoms with Gasteiger partial charge in [-0.1, -0.05) is 23.7 Å². The molecule has 1 saturated heterocycles. The molecule has 7 heteroatoms. The molecule has 0 radical (unpaired) electrons. The largest absolute Gasteiger partial charge is 0.370 e. The van der Waals surface area contributed by atoms with Crippen molar-refractivity contribution in [2.24, 2.45) is 0 Å². The summed E-state index contributed by atoms with van der Waals surface area (Å²) in [6.45, 7) is 4.10. The van der Waals surface area contributed by atoms with Crippen molar-refractivity contribution in [2.75, 3.05) is 51.7 Å². The summed E-state index contributed by atoms with van der Waals surface area (Å²) in [5.74, 6) is 0.934. The van der Waals surface area contributed by atoms with Crippen LogP contribution in [0.4, 0.5) is 5.69 Å². The Morgan fingerprint density at radius 1 is 1.14 bits per heavy atom. The Bertz CT molecular complexity index is 982. The number of hydrogen-bond donors (Lipinski definition) is 1. The molecule has 4 rings (SSSR count). The molecule has 3 aromatic rings. The number of likely N-dealkylation sites (N-methyl/N-ethyl adjacent to an activating group) is 1. The SMILES string of the molecule is CN(C)C(=O)CN1CCCN(c2ccc(Cl)c(-c3nc4ccccc4[nH]3)c2)CC1. The van der Waals surface area contributed by atoms with E-state index >= 15 is 0 Å². The van der Waals surface area contributed by atoms with Crippen molar-refractivity contribution >= 4 is 34.2 Å². The van der Waals surface area contributed by atoms with Gasteiger partial charge < -0.3 is 14.8 Å². The third kappa shape index (κ3) is 4.38. The first-order valence-corrected chi connectivity index (χ1v) is 10.3. The van der Waals surface area contributed by atoms with E-state index in [1.165, 1.54) is 0 Å². The molecule has 0 aliphatic carbocycles. The smallest absolute Gasteiger partial charge is 0.236 e. The lowest BCUT2D eigenvalue weighted by Gasteiger charge is -2.24. The minimum Gasteiger partial charge on any atom is -0.370 e. The summed E-state index contributed by atoms with van der Waals surface area (Å²) >= 11 is 6.51. The summed E-state index contributed by atoms with van der Waals surface area (Å²) in [5.41, 5.74) is 3.97. The molecular formula is C22H26ClN5O. The number of aromatic amines is 1. The van der Waals surface area contributed by atoms with Gasteiger partial charge in [-0.2, -0.15) is 0 Å². The summed E-state index contributed by atoms with van der Waals surface area (Å²) < 4.78 is 0. The number of amides is 1. The lowest BCUT2D eigenvalue weighted by Crippen LogP contribution is -2.38. The number of rotatable bonds is 4. The Morgan fingerprint density at radius 2 is 1.97 bits per heavy atom. The Morgan fingerprint density at radius 3 is 2.76 bits per heavy atom. The first-order chi connectivity index (χ1) is 14.0. The summed E-state index contributed by atoms with van der Waals surface area (Å²) in [6.07, 6.45) is 1.02. The van der Waals surface area contributed by atoms with Crippen LogP contribution in [0.25, 0.3) is 22.4 Å². The predicted molar refractivity (Wildman–Crippen MR) is 119 cm³/mol. The molecule has 1 aliphatic rings. The maximum atomic E-state index is 12.0. The number of hydrogen-bond acceptors (Lipinski definition) is 4. The van der Waals surface area contributed by atoms with E-state index in [-0.39, 0.29) is 5.91 Å². The third-order valence-corrected chi connectivity index (χ3v) is 5.74. The van der Waals surface area contributed by atoms with E-state index in [1.807, 2.05) is 30.3 Å². The van der Waals surface area contributed by atoms with Crippen LogP contribution in [0.15, 0.2) is 42.5 Å². The van der Waals surface area contributed by atoms with Crippen molar-refractivity contribution in [3.63, 3.8) is 0 Å². The fourth-order valence-electron chi connectivity index (χ4n) is 3.69. The molecule has 152 valence electrons. The number of benzene rings is 2. The van der Waals surface area contributed by atoms with Crippen LogP contribution in [0.5, 0.6) is 0 Å². The molecule has 2 aromatic carbocycles. The van der Waals surface area contributed by atoms with Gasteiger partial charge in [-0.05, 0) is 36.8 Å². The lowest BCUT2D eigenvalue weighted by atomic mass is 10.1. The van der Waals surface area contributed by atoms with Gasteiger partial charge in [0.2, 0.25) is 5.91 Å². The zero-order valence-corrected chi connectivity index (χ0v) is 17.6. The summed E-state index contributed by atoms with van der Waals surface area (Å²) in [4.78, 5) is 26.4. The number of halogens is 1. The number of carbonyl (C=O) groups excluding carboxylic acids is 1. The first-order valence-electron chi connectivity index (χ1n) is 9.93. The van der Waals surface area contributed by atoms with E-state index in [1.54, 1.807) is 19.0 Å². The number of carbonyl (C=O) groups is 1. The van der Waals surface area contributed by atoms with Crippen LogP contribution >= 0.6 is 11.6 Å². The average Bonchev–Trinajstić information content (AvgIpc) is 3.01. The van der Waals surface area contributed by atoms with Crippen molar-refractivity contribution < 1.29 is 4.79 Å². The van der Waals surface area contributed by atoms with Crippen LogP contribution in [-0.2, 0) is 4.79 Å². The highest BCUT2D eigenvalue weighted by atomic mass is 35.5.